The van der Waals surface area contributed by atoms with E-state index in [1.807, 2.05) is 12.1 Å². The number of phenolic OH excluding ortho intramolecular Hbond substituents is 1. The fourth-order valence-corrected chi connectivity index (χ4v) is 2.37. The fourth-order valence-electron chi connectivity index (χ4n) is 2.37. The molecule has 0 fully saturated rings. The van der Waals surface area contributed by atoms with E-state index in [1.54, 1.807) is 36.4 Å². The van der Waals surface area contributed by atoms with Crippen LogP contribution < -0.4 is 22.9 Å². The molecule has 13 nitrogen and oxygen atoms in total. The van der Waals surface area contributed by atoms with Crippen molar-refractivity contribution in [3.63, 3.8) is 0 Å². The van der Waals surface area contributed by atoms with Gasteiger partial charge in [-0.25, -0.2) is 4.98 Å². The maximum absolute atomic E-state index is 8.97. The first-order valence-corrected chi connectivity index (χ1v) is 9.89. The molecule has 0 saturated carbocycles. The second-order valence-electron chi connectivity index (χ2n) is 6.65. The van der Waals surface area contributed by atoms with Crippen molar-refractivity contribution in [2.75, 3.05) is 12.3 Å². The number of oxime groups is 3. The average Bonchev–Trinajstić information content (AvgIpc) is 2.89. The zero-order valence-electron chi connectivity index (χ0n) is 18.6. The molecule has 3 rings (SSSR count). The lowest BCUT2D eigenvalue weighted by molar-refractivity contribution is 0.299. The number of amidine groups is 3. The van der Waals surface area contributed by atoms with Crippen LogP contribution in [0.15, 0.2) is 82.3 Å². The molecular weight excluding hydrogens is 456 g/mol. The molecule has 0 aliphatic heterocycles. The van der Waals surface area contributed by atoms with E-state index < -0.39 is 0 Å². The molecule has 0 saturated heterocycles. The van der Waals surface area contributed by atoms with Gasteiger partial charge in [-0.3, -0.25) is 0 Å². The summed E-state index contributed by atoms with van der Waals surface area (Å²) in [4.78, 5) is 3.75. The summed E-state index contributed by atoms with van der Waals surface area (Å²) in [5, 5.41) is 51.0. The topological polar surface area (TPSA) is 255 Å². The minimum absolute atomic E-state index is 0.0131. The van der Waals surface area contributed by atoms with E-state index >= 15 is 0 Å². The molecule has 2 aromatic carbocycles. The predicted octanol–water partition coefficient (Wildman–Crippen LogP) is 0.561. The summed E-state index contributed by atoms with van der Waals surface area (Å²) in [7, 11) is 0. The standard InChI is InChI=1S/C9H12N2O2.C7H8N2O2.C6H8N4O/c10-9(11-13)8-3-1-7(2-4-8)5-6-12;8-7(9-11)5-2-1-3-6(10)4-5;7-5-2-1-4(3-9-5)6(8)10-11/h1-4,12-13H,5-6H2,(H2,10,11);1-4,10-11H,(H2,8,9);1-3,11H,(H2,7,9)(H2,8,10). The molecular formula is C22H28N8O5. The van der Waals surface area contributed by atoms with Crippen LogP contribution in [0.1, 0.15) is 22.3 Å². The normalized spacial score (nSPS) is 11.5. The minimum atomic E-state index is -0.0131. The van der Waals surface area contributed by atoms with Crippen LogP contribution in [0.4, 0.5) is 5.82 Å². The Bertz CT molecular complexity index is 1130. The van der Waals surface area contributed by atoms with Gasteiger partial charge < -0.3 is 48.8 Å². The molecule has 13 heteroatoms. The van der Waals surface area contributed by atoms with Gasteiger partial charge in [-0.05, 0) is 36.2 Å². The molecule has 0 aliphatic rings. The Kier molecular flexibility index (Phi) is 11.9. The van der Waals surface area contributed by atoms with Crippen LogP contribution in [0.5, 0.6) is 5.75 Å². The van der Waals surface area contributed by atoms with E-state index in [0.717, 1.165) is 5.56 Å². The molecule has 0 radical (unpaired) electrons. The van der Waals surface area contributed by atoms with E-state index in [2.05, 4.69) is 20.5 Å². The molecule has 0 bridgehead atoms. The van der Waals surface area contributed by atoms with E-state index in [-0.39, 0.29) is 29.9 Å². The number of benzene rings is 2. The fraction of sp³-hybridized carbons (Fsp3) is 0.0909. The molecule has 0 atom stereocenters. The van der Waals surface area contributed by atoms with Gasteiger partial charge in [0.1, 0.15) is 11.6 Å². The maximum atomic E-state index is 8.97. The third-order valence-corrected chi connectivity index (χ3v) is 4.20. The van der Waals surface area contributed by atoms with Crippen LogP contribution in [0.2, 0.25) is 0 Å². The first kappa shape index (κ1) is 28.0. The summed E-state index contributed by atoms with van der Waals surface area (Å²) < 4.78 is 0. The largest absolute Gasteiger partial charge is 0.508 e. The number of hydrogen-bond donors (Lipinski definition) is 9. The number of nitrogen functional groups attached to an aromatic ring is 1. The lowest BCUT2D eigenvalue weighted by atomic mass is 10.1. The number of pyridine rings is 1. The van der Waals surface area contributed by atoms with Gasteiger partial charge in [0.05, 0.1) is 0 Å². The van der Waals surface area contributed by atoms with Crippen molar-refractivity contribution in [3.05, 3.63) is 89.1 Å². The number of nitrogens with two attached hydrogens (primary N) is 4. The Morgan fingerprint density at radius 1 is 0.743 bits per heavy atom. The van der Waals surface area contributed by atoms with Gasteiger partial charge in [0.25, 0.3) is 0 Å². The molecule has 186 valence electrons. The van der Waals surface area contributed by atoms with Gasteiger partial charge in [-0.2, -0.15) is 0 Å². The van der Waals surface area contributed by atoms with Crippen LogP contribution in [0.25, 0.3) is 0 Å². The van der Waals surface area contributed by atoms with E-state index in [9.17, 15) is 0 Å². The minimum Gasteiger partial charge on any atom is -0.508 e. The van der Waals surface area contributed by atoms with E-state index in [4.69, 9.17) is 48.8 Å². The third kappa shape index (κ3) is 9.97. The van der Waals surface area contributed by atoms with Crippen molar-refractivity contribution in [2.45, 2.75) is 6.42 Å². The molecule has 0 unspecified atom stereocenters. The molecule has 0 aliphatic carbocycles. The van der Waals surface area contributed by atoms with E-state index in [0.29, 0.717) is 28.9 Å². The predicted molar refractivity (Wildman–Crippen MR) is 132 cm³/mol. The number of anilines is 1. The molecule has 0 spiro atoms. The highest BCUT2D eigenvalue weighted by atomic mass is 16.4. The summed E-state index contributed by atoms with van der Waals surface area (Å²) in [6.45, 7) is 0.128. The zero-order valence-corrected chi connectivity index (χ0v) is 18.6. The molecule has 13 N–H and O–H groups in total. The van der Waals surface area contributed by atoms with Crippen LogP contribution in [0, 0.1) is 0 Å². The summed E-state index contributed by atoms with van der Waals surface area (Å²) >= 11 is 0. The lowest BCUT2D eigenvalue weighted by Crippen LogP contribution is -2.13. The molecule has 35 heavy (non-hydrogen) atoms. The van der Waals surface area contributed by atoms with Crippen LogP contribution in [0.3, 0.4) is 0 Å². The number of aliphatic hydroxyl groups excluding tert-OH is 1. The Morgan fingerprint density at radius 2 is 1.29 bits per heavy atom. The highest BCUT2D eigenvalue weighted by Gasteiger charge is 1.99. The lowest BCUT2D eigenvalue weighted by Gasteiger charge is -2.00. The number of nitrogens with zero attached hydrogens (tertiary/aromatic N) is 4. The number of hydrogen-bond acceptors (Lipinski definition) is 10. The van der Waals surface area contributed by atoms with Crippen LogP contribution in [-0.2, 0) is 6.42 Å². The summed E-state index contributed by atoms with van der Waals surface area (Å²) in [6.07, 6.45) is 2.06. The Hall–Kier alpha value is -5.04. The molecule has 1 heterocycles. The Morgan fingerprint density at radius 3 is 1.77 bits per heavy atom. The monoisotopic (exact) mass is 484 g/mol. The van der Waals surface area contributed by atoms with Crippen molar-refractivity contribution in [2.24, 2.45) is 32.7 Å². The van der Waals surface area contributed by atoms with Crippen molar-refractivity contribution in [3.8, 4) is 5.75 Å². The zero-order chi connectivity index (χ0) is 26.2. The second-order valence-corrected chi connectivity index (χ2v) is 6.65. The number of rotatable bonds is 5. The smallest absolute Gasteiger partial charge is 0.171 e. The molecule has 0 amide bonds. The van der Waals surface area contributed by atoms with Crippen molar-refractivity contribution in [1.29, 1.82) is 0 Å². The third-order valence-electron chi connectivity index (χ3n) is 4.20. The maximum Gasteiger partial charge on any atom is 0.171 e. The van der Waals surface area contributed by atoms with Crippen LogP contribution >= 0.6 is 0 Å². The van der Waals surface area contributed by atoms with E-state index in [1.165, 1.54) is 18.3 Å². The van der Waals surface area contributed by atoms with Gasteiger partial charge in [-0.15, -0.1) is 0 Å². The summed E-state index contributed by atoms with van der Waals surface area (Å²) in [6, 6.07) is 16.5. The SMILES string of the molecule is NC(=NO)c1ccc(CCO)cc1.NC(=NO)c1ccc(N)nc1.NC(=NO)c1cccc(O)c1. The highest BCUT2D eigenvalue weighted by molar-refractivity contribution is 5.98. The molecule has 3 aromatic rings. The summed E-state index contributed by atoms with van der Waals surface area (Å²) in [5.74, 6) is 0.600. The van der Waals surface area contributed by atoms with Gasteiger partial charge in [0.15, 0.2) is 17.5 Å². The second kappa shape index (κ2) is 14.9. The van der Waals surface area contributed by atoms with Crippen molar-refractivity contribution in [1.82, 2.24) is 4.98 Å². The first-order valence-electron chi connectivity index (χ1n) is 9.89. The van der Waals surface area contributed by atoms with Crippen LogP contribution in [-0.4, -0.2) is 54.9 Å². The molecule has 1 aromatic heterocycles. The van der Waals surface area contributed by atoms with Gasteiger partial charge in [0.2, 0.25) is 0 Å². The van der Waals surface area contributed by atoms with Crippen molar-refractivity contribution >= 4 is 23.3 Å². The van der Waals surface area contributed by atoms with Gasteiger partial charge in [-0.1, -0.05) is 51.9 Å². The number of aromatic hydroxyl groups is 1. The number of aromatic nitrogens is 1. The summed E-state index contributed by atoms with van der Waals surface area (Å²) in [5.41, 5.74) is 23.9. The Balaban J connectivity index is 0.000000264. The number of phenols is 1. The number of aliphatic hydroxyl groups is 1. The Labute approximate surface area is 200 Å². The van der Waals surface area contributed by atoms with Gasteiger partial charge in [0, 0.05) is 29.5 Å². The quantitative estimate of drug-likeness (QED) is 0.105. The first-order chi connectivity index (χ1) is 16.7. The van der Waals surface area contributed by atoms with Gasteiger partial charge >= 0.3 is 0 Å². The van der Waals surface area contributed by atoms with Crippen molar-refractivity contribution < 1.29 is 25.8 Å². The highest BCUT2D eigenvalue weighted by Crippen LogP contribution is 2.10. The average molecular weight is 485 g/mol.